The van der Waals surface area contributed by atoms with E-state index in [-0.39, 0.29) is 5.91 Å². The predicted octanol–water partition coefficient (Wildman–Crippen LogP) is 2.04. The summed E-state index contributed by atoms with van der Waals surface area (Å²) in [6.07, 6.45) is 0.325. The quantitative estimate of drug-likeness (QED) is 0.795. The number of carbonyl (C=O) groups excluding carboxylic acids is 1. The van der Waals surface area contributed by atoms with E-state index in [0.717, 1.165) is 0 Å². The highest BCUT2D eigenvalue weighted by atomic mass is 16.5. The second-order valence-electron chi connectivity index (χ2n) is 3.98. The molecule has 0 saturated heterocycles. The Morgan fingerprint density at radius 3 is 2.74 bits per heavy atom. The van der Waals surface area contributed by atoms with Gasteiger partial charge in [-0.3, -0.25) is 4.79 Å². The molecule has 0 aliphatic heterocycles. The van der Waals surface area contributed by atoms with E-state index in [1.54, 1.807) is 23.1 Å². The van der Waals surface area contributed by atoms with E-state index in [0.29, 0.717) is 43.1 Å². The second-order valence-corrected chi connectivity index (χ2v) is 3.98. The van der Waals surface area contributed by atoms with Crippen LogP contribution in [0.2, 0.25) is 0 Å². The summed E-state index contributed by atoms with van der Waals surface area (Å²) in [4.78, 5) is 13.8. The first kappa shape index (κ1) is 14.8. The number of carbonyl (C=O) groups is 1. The van der Waals surface area contributed by atoms with E-state index < -0.39 is 0 Å². The molecule has 5 heteroatoms. The molecule has 0 spiro atoms. The molecule has 1 aromatic carbocycles. The van der Waals surface area contributed by atoms with Crippen molar-refractivity contribution in [2.45, 2.75) is 20.3 Å². The normalized spacial score (nSPS) is 9.74. The number of amides is 1. The topological polar surface area (TPSA) is 79.3 Å². The standard InChI is InChI=1S/C14H19N3O2/c1-3-17(9-5-8-15)14(18)11-6-7-13(19-4-2)12(16)10-11/h6-7,10H,3-5,9,16H2,1-2H3. The van der Waals surface area contributed by atoms with Gasteiger partial charge in [-0.25, -0.2) is 0 Å². The van der Waals surface area contributed by atoms with Crippen LogP contribution in [0.3, 0.4) is 0 Å². The Labute approximate surface area is 113 Å². The van der Waals surface area contributed by atoms with E-state index in [1.807, 2.05) is 19.9 Å². The lowest BCUT2D eigenvalue weighted by atomic mass is 10.1. The Morgan fingerprint density at radius 1 is 1.47 bits per heavy atom. The fourth-order valence-corrected chi connectivity index (χ4v) is 1.74. The first-order chi connectivity index (χ1) is 9.13. The van der Waals surface area contributed by atoms with Gasteiger partial charge >= 0.3 is 0 Å². The number of benzene rings is 1. The first-order valence-electron chi connectivity index (χ1n) is 6.32. The molecule has 0 saturated carbocycles. The maximum absolute atomic E-state index is 12.2. The van der Waals surface area contributed by atoms with Crippen molar-refractivity contribution in [2.24, 2.45) is 0 Å². The van der Waals surface area contributed by atoms with Gasteiger partial charge in [0.15, 0.2) is 0 Å². The summed E-state index contributed by atoms with van der Waals surface area (Å²) in [5.74, 6) is 0.464. The SMILES string of the molecule is CCOc1ccc(C(=O)N(CC)CCC#N)cc1N. The van der Waals surface area contributed by atoms with Gasteiger partial charge < -0.3 is 15.4 Å². The lowest BCUT2D eigenvalue weighted by molar-refractivity contribution is 0.0768. The number of nitrogens with zero attached hydrogens (tertiary/aromatic N) is 2. The third-order valence-electron chi connectivity index (χ3n) is 2.72. The summed E-state index contributed by atoms with van der Waals surface area (Å²) in [6, 6.07) is 7.04. The van der Waals surface area contributed by atoms with E-state index in [1.165, 1.54) is 0 Å². The molecule has 0 aliphatic rings. The Hall–Kier alpha value is -2.22. The molecule has 0 heterocycles. The van der Waals surface area contributed by atoms with Crippen molar-refractivity contribution < 1.29 is 9.53 Å². The van der Waals surface area contributed by atoms with E-state index in [9.17, 15) is 4.79 Å². The molecule has 5 nitrogen and oxygen atoms in total. The van der Waals surface area contributed by atoms with Crippen LogP contribution in [0.4, 0.5) is 5.69 Å². The number of hydrogen-bond acceptors (Lipinski definition) is 4. The van der Waals surface area contributed by atoms with Crippen molar-refractivity contribution in [3.05, 3.63) is 23.8 Å². The fraction of sp³-hybridized carbons (Fsp3) is 0.429. The highest BCUT2D eigenvalue weighted by molar-refractivity contribution is 5.95. The molecule has 1 rings (SSSR count). The molecule has 0 unspecified atom stereocenters. The summed E-state index contributed by atoms with van der Waals surface area (Å²) in [5.41, 5.74) is 6.80. The van der Waals surface area contributed by atoms with Crippen LogP contribution in [0.1, 0.15) is 30.6 Å². The number of hydrogen-bond donors (Lipinski definition) is 1. The average molecular weight is 261 g/mol. The number of nitrogen functional groups attached to an aromatic ring is 1. The summed E-state index contributed by atoms with van der Waals surface area (Å²) >= 11 is 0. The van der Waals surface area contributed by atoms with Crippen LogP contribution in [0.25, 0.3) is 0 Å². The molecule has 102 valence electrons. The molecule has 19 heavy (non-hydrogen) atoms. The lowest BCUT2D eigenvalue weighted by Gasteiger charge is -2.20. The molecule has 0 radical (unpaired) electrons. The molecule has 1 amide bonds. The van der Waals surface area contributed by atoms with Gasteiger partial charge in [0.2, 0.25) is 0 Å². The van der Waals surface area contributed by atoms with Gasteiger partial charge in [0.05, 0.1) is 24.8 Å². The smallest absolute Gasteiger partial charge is 0.253 e. The molecule has 2 N–H and O–H groups in total. The highest BCUT2D eigenvalue weighted by Crippen LogP contribution is 2.23. The summed E-state index contributed by atoms with van der Waals surface area (Å²) in [5, 5.41) is 8.58. The lowest BCUT2D eigenvalue weighted by Crippen LogP contribution is -2.31. The minimum atomic E-state index is -0.118. The van der Waals surface area contributed by atoms with Gasteiger partial charge in [-0.1, -0.05) is 0 Å². The Kier molecular flexibility index (Phi) is 5.68. The maximum atomic E-state index is 12.2. The predicted molar refractivity (Wildman–Crippen MR) is 73.8 cm³/mol. The minimum Gasteiger partial charge on any atom is -0.492 e. The van der Waals surface area contributed by atoms with Gasteiger partial charge in [0.25, 0.3) is 5.91 Å². The van der Waals surface area contributed by atoms with Crippen molar-refractivity contribution in [3.63, 3.8) is 0 Å². The van der Waals surface area contributed by atoms with Crippen LogP contribution in [0, 0.1) is 11.3 Å². The zero-order valence-electron chi connectivity index (χ0n) is 11.3. The highest BCUT2D eigenvalue weighted by Gasteiger charge is 2.15. The van der Waals surface area contributed by atoms with Crippen molar-refractivity contribution in [1.29, 1.82) is 5.26 Å². The van der Waals surface area contributed by atoms with Gasteiger partial charge in [0.1, 0.15) is 5.75 Å². The Bertz CT molecular complexity index is 480. The van der Waals surface area contributed by atoms with Crippen LogP contribution >= 0.6 is 0 Å². The summed E-state index contributed by atoms with van der Waals surface area (Å²) in [6.45, 7) is 5.28. The van der Waals surface area contributed by atoms with Crippen molar-refractivity contribution in [1.82, 2.24) is 4.90 Å². The van der Waals surface area contributed by atoms with E-state index in [4.69, 9.17) is 15.7 Å². The first-order valence-corrected chi connectivity index (χ1v) is 6.32. The van der Waals surface area contributed by atoms with Gasteiger partial charge in [-0.15, -0.1) is 0 Å². The van der Waals surface area contributed by atoms with Gasteiger partial charge in [-0.2, -0.15) is 5.26 Å². The van der Waals surface area contributed by atoms with Gasteiger partial charge in [0, 0.05) is 18.7 Å². The third-order valence-corrected chi connectivity index (χ3v) is 2.72. The molecule has 1 aromatic rings. The van der Waals surface area contributed by atoms with Crippen LogP contribution in [0.15, 0.2) is 18.2 Å². The zero-order valence-corrected chi connectivity index (χ0v) is 11.3. The zero-order chi connectivity index (χ0) is 14.3. The average Bonchev–Trinajstić information content (AvgIpc) is 2.42. The minimum absolute atomic E-state index is 0.118. The molecule has 0 aliphatic carbocycles. The number of anilines is 1. The van der Waals surface area contributed by atoms with Gasteiger partial charge in [-0.05, 0) is 32.0 Å². The van der Waals surface area contributed by atoms with Crippen LogP contribution in [-0.2, 0) is 0 Å². The largest absolute Gasteiger partial charge is 0.492 e. The maximum Gasteiger partial charge on any atom is 0.253 e. The monoisotopic (exact) mass is 261 g/mol. The number of nitriles is 1. The number of nitrogens with two attached hydrogens (primary N) is 1. The summed E-state index contributed by atoms with van der Waals surface area (Å²) < 4.78 is 5.33. The molecule has 0 fully saturated rings. The van der Waals surface area contributed by atoms with Crippen molar-refractivity contribution >= 4 is 11.6 Å². The Balaban J connectivity index is 2.87. The van der Waals surface area contributed by atoms with Crippen molar-refractivity contribution in [2.75, 3.05) is 25.4 Å². The number of ether oxygens (including phenoxy) is 1. The molecular formula is C14H19N3O2. The summed E-state index contributed by atoms with van der Waals surface area (Å²) in [7, 11) is 0. The van der Waals surface area contributed by atoms with Crippen LogP contribution < -0.4 is 10.5 Å². The second kappa shape index (κ2) is 7.27. The molecular weight excluding hydrogens is 242 g/mol. The van der Waals surface area contributed by atoms with E-state index >= 15 is 0 Å². The Morgan fingerprint density at radius 2 is 2.21 bits per heavy atom. The molecule has 0 aromatic heterocycles. The fourth-order valence-electron chi connectivity index (χ4n) is 1.74. The van der Waals surface area contributed by atoms with Crippen molar-refractivity contribution in [3.8, 4) is 11.8 Å². The van der Waals surface area contributed by atoms with Crippen LogP contribution in [0.5, 0.6) is 5.75 Å². The molecule has 0 bridgehead atoms. The van der Waals surface area contributed by atoms with Crippen LogP contribution in [-0.4, -0.2) is 30.5 Å². The number of rotatable bonds is 6. The third kappa shape index (κ3) is 3.88. The molecule has 0 atom stereocenters. The van der Waals surface area contributed by atoms with E-state index in [2.05, 4.69) is 0 Å².